The number of nitrogens with zero attached hydrogens (tertiary/aromatic N) is 3. The number of anilines is 1. The van der Waals surface area contributed by atoms with Gasteiger partial charge in [0, 0.05) is 37.4 Å². The number of amides is 1. The fraction of sp³-hybridized carbons (Fsp3) is 0.542. The Kier molecular flexibility index (Phi) is 11.7. The highest BCUT2D eigenvalue weighted by molar-refractivity contribution is 7.79. The molecule has 0 aliphatic carbocycles. The molecular formula is C24H37N5O7S. The Morgan fingerprint density at radius 1 is 1.14 bits per heavy atom. The number of carbonyl (C=O) groups excluding carboxylic acids is 1. The zero-order valence-electron chi connectivity index (χ0n) is 21.8. The number of rotatable bonds is 9. The molecule has 3 rings (SSSR count). The van der Waals surface area contributed by atoms with Crippen molar-refractivity contribution in [3.8, 4) is 17.1 Å². The maximum Gasteiger partial charge on any atom is 0.394 e. The van der Waals surface area contributed by atoms with Gasteiger partial charge in [-0.05, 0) is 44.5 Å². The van der Waals surface area contributed by atoms with Crippen molar-refractivity contribution in [2.45, 2.75) is 40.0 Å². The number of nitrogens with one attached hydrogen (secondary N) is 2. The summed E-state index contributed by atoms with van der Waals surface area (Å²) in [4.78, 5) is 37.3. The predicted octanol–water partition coefficient (Wildman–Crippen LogP) is 1.88. The lowest BCUT2D eigenvalue weighted by molar-refractivity contribution is -0.117. The highest BCUT2D eigenvalue weighted by Gasteiger charge is 2.18. The van der Waals surface area contributed by atoms with E-state index in [1.165, 1.54) is 0 Å². The van der Waals surface area contributed by atoms with Gasteiger partial charge in [-0.15, -0.1) is 0 Å². The number of aromatic amines is 1. The monoisotopic (exact) mass is 539 g/mol. The summed E-state index contributed by atoms with van der Waals surface area (Å²) in [5.41, 5.74) is 2.70. The van der Waals surface area contributed by atoms with Crippen LogP contribution in [0.5, 0.6) is 5.75 Å². The van der Waals surface area contributed by atoms with Crippen LogP contribution in [0, 0.1) is 0 Å². The van der Waals surface area contributed by atoms with E-state index in [0.717, 1.165) is 38.3 Å². The van der Waals surface area contributed by atoms with Gasteiger partial charge in [0.1, 0.15) is 11.6 Å². The van der Waals surface area contributed by atoms with Crippen molar-refractivity contribution in [3.63, 3.8) is 0 Å². The van der Waals surface area contributed by atoms with Gasteiger partial charge in [0.25, 0.3) is 5.56 Å². The Bertz CT molecular complexity index is 1200. The number of H-pyrrole nitrogens is 1. The van der Waals surface area contributed by atoms with Gasteiger partial charge in [-0.2, -0.15) is 8.42 Å². The SMILES string of the molecule is CCCOc1ccc(NC(=O)CN2CCN(C)CC2)cc1-c1nc(CC)c(CC)c(=O)[nH]1.O=S(=O)(O)O. The second-order valence-corrected chi connectivity index (χ2v) is 9.58. The minimum Gasteiger partial charge on any atom is -0.493 e. The second kappa shape index (κ2) is 14.2. The number of piperazine rings is 1. The van der Waals surface area contributed by atoms with E-state index in [0.29, 0.717) is 54.4 Å². The molecule has 1 fully saturated rings. The number of hydrogen-bond donors (Lipinski definition) is 4. The van der Waals surface area contributed by atoms with Crippen molar-refractivity contribution in [2.24, 2.45) is 0 Å². The maximum absolute atomic E-state index is 12.6. The number of ether oxygens (including phenoxy) is 1. The molecular weight excluding hydrogens is 502 g/mol. The molecule has 2 aromatic rings. The fourth-order valence-electron chi connectivity index (χ4n) is 3.87. The van der Waals surface area contributed by atoms with Crippen LogP contribution in [0.25, 0.3) is 11.4 Å². The molecule has 0 bridgehead atoms. The number of carbonyl (C=O) groups is 1. The molecule has 0 unspecified atom stereocenters. The van der Waals surface area contributed by atoms with E-state index in [2.05, 4.69) is 27.1 Å². The zero-order chi connectivity index (χ0) is 27.6. The van der Waals surface area contributed by atoms with Crippen LogP contribution in [-0.2, 0) is 28.0 Å². The van der Waals surface area contributed by atoms with Crippen LogP contribution >= 0.6 is 0 Å². The van der Waals surface area contributed by atoms with Crippen LogP contribution in [0.3, 0.4) is 0 Å². The molecule has 4 N–H and O–H groups in total. The third-order valence-corrected chi connectivity index (χ3v) is 5.73. The van der Waals surface area contributed by atoms with Gasteiger partial charge in [0.15, 0.2) is 0 Å². The normalized spacial score (nSPS) is 14.5. The van der Waals surface area contributed by atoms with E-state index in [1.807, 2.05) is 39.0 Å². The number of benzene rings is 1. The summed E-state index contributed by atoms with van der Waals surface area (Å²) in [7, 11) is -2.57. The molecule has 12 nitrogen and oxygen atoms in total. The van der Waals surface area contributed by atoms with E-state index in [-0.39, 0.29) is 11.5 Å². The first kappa shape index (κ1) is 30.4. The summed E-state index contributed by atoms with van der Waals surface area (Å²) in [6.07, 6.45) is 2.17. The topological polar surface area (TPSA) is 165 Å². The number of likely N-dealkylation sites (N-methyl/N-ethyl adjacent to an activating group) is 1. The largest absolute Gasteiger partial charge is 0.493 e. The van der Waals surface area contributed by atoms with Crippen LogP contribution < -0.4 is 15.6 Å². The first-order valence-electron chi connectivity index (χ1n) is 12.2. The Hall–Kier alpha value is -2.84. The molecule has 0 atom stereocenters. The van der Waals surface area contributed by atoms with Gasteiger partial charge >= 0.3 is 10.4 Å². The molecule has 0 radical (unpaired) electrons. The van der Waals surface area contributed by atoms with Crippen molar-refractivity contribution < 1.29 is 27.1 Å². The van der Waals surface area contributed by atoms with Gasteiger partial charge in [0.05, 0.1) is 24.4 Å². The Morgan fingerprint density at radius 2 is 1.78 bits per heavy atom. The van der Waals surface area contributed by atoms with Crippen LogP contribution in [0.1, 0.15) is 38.4 Å². The maximum atomic E-state index is 12.6. The number of aromatic nitrogens is 2. The van der Waals surface area contributed by atoms with E-state index in [9.17, 15) is 9.59 Å². The highest BCUT2D eigenvalue weighted by atomic mass is 32.3. The Morgan fingerprint density at radius 3 is 2.35 bits per heavy atom. The van der Waals surface area contributed by atoms with Crippen molar-refractivity contribution >= 4 is 22.0 Å². The molecule has 1 aromatic carbocycles. The van der Waals surface area contributed by atoms with E-state index >= 15 is 0 Å². The van der Waals surface area contributed by atoms with E-state index < -0.39 is 10.4 Å². The summed E-state index contributed by atoms with van der Waals surface area (Å²) in [6, 6.07) is 5.49. The van der Waals surface area contributed by atoms with Crippen molar-refractivity contribution in [1.29, 1.82) is 0 Å². The first-order chi connectivity index (χ1) is 17.4. The van der Waals surface area contributed by atoms with Gasteiger partial charge in [-0.25, -0.2) is 4.98 Å². The summed E-state index contributed by atoms with van der Waals surface area (Å²) >= 11 is 0. The number of hydrogen-bond acceptors (Lipinski definition) is 8. The molecule has 1 aliphatic rings. The molecule has 1 aromatic heterocycles. The molecule has 13 heteroatoms. The number of aryl methyl sites for hydroxylation is 1. The summed E-state index contributed by atoms with van der Waals surface area (Å²) in [6.45, 7) is 10.6. The molecule has 0 saturated carbocycles. The van der Waals surface area contributed by atoms with Gasteiger partial charge in [0.2, 0.25) is 5.91 Å². The third kappa shape index (κ3) is 10.2. The molecule has 2 heterocycles. The average Bonchev–Trinajstić information content (AvgIpc) is 2.83. The second-order valence-electron chi connectivity index (χ2n) is 8.68. The zero-order valence-corrected chi connectivity index (χ0v) is 22.6. The minimum atomic E-state index is -4.67. The summed E-state index contributed by atoms with van der Waals surface area (Å²) < 4.78 is 37.5. The van der Waals surface area contributed by atoms with Crippen LogP contribution in [0.15, 0.2) is 23.0 Å². The molecule has 0 spiro atoms. The predicted molar refractivity (Wildman–Crippen MR) is 142 cm³/mol. The molecule has 1 saturated heterocycles. The Labute approximate surface area is 217 Å². The van der Waals surface area contributed by atoms with Crippen LogP contribution in [0.2, 0.25) is 0 Å². The quantitative estimate of drug-likeness (QED) is 0.346. The minimum absolute atomic E-state index is 0.0558. The smallest absolute Gasteiger partial charge is 0.394 e. The highest BCUT2D eigenvalue weighted by Crippen LogP contribution is 2.31. The molecule has 37 heavy (non-hydrogen) atoms. The molecule has 1 amide bonds. The van der Waals surface area contributed by atoms with Gasteiger partial charge in [-0.3, -0.25) is 23.6 Å². The summed E-state index contributed by atoms with van der Waals surface area (Å²) in [5, 5.41) is 2.99. The molecule has 206 valence electrons. The summed E-state index contributed by atoms with van der Waals surface area (Å²) in [5.74, 6) is 1.04. The third-order valence-electron chi connectivity index (χ3n) is 5.73. The fourth-order valence-corrected chi connectivity index (χ4v) is 3.87. The van der Waals surface area contributed by atoms with Crippen molar-refractivity contribution in [1.82, 2.24) is 19.8 Å². The van der Waals surface area contributed by atoms with Crippen LogP contribution in [0.4, 0.5) is 5.69 Å². The standard InChI is InChI=1S/C24H35N5O3.H2O4S/c1-5-14-32-21-9-8-17(25-22(30)16-29-12-10-28(4)11-13-29)15-19(21)23-26-20(7-3)18(6-2)24(31)27-23;1-5(2,3)4/h8-9,15H,5-7,10-14,16H2,1-4H3,(H,25,30)(H,26,27,31);(H2,1,2,3,4). The molecule has 1 aliphatic heterocycles. The lowest BCUT2D eigenvalue weighted by Crippen LogP contribution is -2.47. The van der Waals surface area contributed by atoms with Gasteiger partial charge < -0.3 is 19.9 Å². The van der Waals surface area contributed by atoms with E-state index in [4.69, 9.17) is 27.2 Å². The van der Waals surface area contributed by atoms with Crippen molar-refractivity contribution in [3.05, 3.63) is 39.8 Å². The lowest BCUT2D eigenvalue weighted by Gasteiger charge is -2.31. The Balaban J connectivity index is 0.000000877. The first-order valence-corrected chi connectivity index (χ1v) is 13.6. The lowest BCUT2D eigenvalue weighted by atomic mass is 10.1. The van der Waals surface area contributed by atoms with Crippen molar-refractivity contribution in [2.75, 3.05) is 51.7 Å². The van der Waals surface area contributed by atoms with Crippen LogP contribution in [-0.4, -0.2) is 89.6 Å². The van der Waals surface area contributed by atoms with Gasteiger partial charge in [-0.1, -0.05) is 20.8 Å². The average molecular weight is 540 g/mol. The van der Waals surface area contributed by atoms with E-state index in [1.54, 1.807) is 0 Å².